The number of carbonyl (C=O) groups is 1. The highest BCUT2D eigenvalue weighted by molar-refractivity contribution is 7.15. The van der Waals surface area contributed by atoms with Crippen molar-refractivity contribution in [3.05, 3.63) is 58.3 Å². The van der Waals surface area contributed by atoms with Gasteiger partial charge in [0.25, 0.3) is 5.91 Å². The molecule has 0 aliphatic heterocycles. The van der Waals surface area contributed by atoms with Crippen molar-refractivity contribution < 1.29 is 23.4 Å². The molecule has 0 unspecified atom stereocenters. The van der Waals surface area contributed by atoms with Crippen molar-refractivity contribution in [2.75, 3.05) is 26.4 Å². The Morgan fingerprint density at radius 2 is 1.70 bits per heavy atom. The summed E-state index contributed by atoms with van der Waals surface area (Å²) in [7, 11) is 0. The summed E-state index contributed by atoms with van der Waals surface area (Å²) in [5, 5.41) is 3.72. The maximum atomic E-state index is 13.5. The zero-order chi connectivity index (χ0) is 23.8. The smallest absolute Gasteiger partial charge is 0.251 e. The minimum atomic E-state index is -0.289. The van der Waals surface area contributed by atoms with Gasteiger partial charge in [0.2, 0.25) is 5.75 Å². The molecular formula is C25H29FN2O4S. The van der Waals surface area contributed by atoms with E-state index in [1.807, 2.05) is 33.8 Å². The fraction of sp³-hybridized carbons (Fsp3) is 0.360. The summed E-state index contributed by atoms with van der Waals surface area (Å²) in [4.78, 5) is 18.5. The SMILES string of the molecule is CCOc1cc(C(=O)NCCc2sc(-c3cccc(F)c3)nc2C)cc(OCC)c1OCC. The molecule has 3 aromatic rings. The van der Waals surface area contributed by atoms with Crippen LogP contribution in [0, 0.1) is 12.7 Å². The number of hydrogen-bond acceptors (Lipinski definition) is 6. The van der Waals surface area contributed by atoms with Crippen molar-refractivity contribution in [2.24, 2.45) is 0 Å². The van der Waals surface area contributed by atoms with Gasteiger partial charge in [-0.1, -0.05) is 12.1 Å². The third-order valence-electron chi connectivity index (χ3n) is 4.77. The Morgan fingerprint density at radius 1 is 1.03 bits per heavy atom. The molecule has 6 nitrogen and oxygen atoms in total. The zero-order valence-corrected chi connectivity index (χ0v) is 20.2. The average molecular weight is 473 g/mol. The molecule has 1 heterocycles. The first-order chi connectivity index (χ1) is 16.0. The lowest BCUT2D eigenvalue weighted by Crippen LogP contribution is -2.25. The predicted octanol–water partition coefficient (Wildman–Crippen LogP) is 5.43. The quantitative estimate of drug-likeness (QED) is 0.403. The van der Waals surface area contributed by atoms with Gasteiger partial charge in [0, 0.05) is 29.0 Å². The monoisotopic (exact) mass is 472 g/mol. The Kier molecular flexibility index (Phi) is 8.65. The van der Waals surface area contributed by atoms with E-state index in [1.54, 1.807) is 18.2 Å². The number of amides is 1. The fourth-order valence-electron chi connectivity index (χ4n) is 3.32. The van der Waals surface area contributed by atoms with Crippen LogP contribution in [0.2, 0.25) is 0 Å². The summed E-state index contributed by atoms with van der Waals surface area (Å²) >= 11 is 1.51. The van der Waals surface area contributed by atoms with Crippen LogP contribution in [0.25, 0.3) is 10.6 Å². The molecule has 3 rings (SSSR count). The number of halogens is 1. The number of thiazole rings is 1. The molecule has 0 aliphatic carbocycles. The summed E-state index contributed by atoms with van der Waals surface area (Å²) in [6, 6.07) is 9.74. The van der Waals surface area contributed by atoms with Gasteiger partial charge < -0.3 is 19.5 Å². The molecule has 8 heteroatoms. The van der Waals surface area contributed by atoms with Crippen LogP contribution in [-0.2, 0) is 6.42 Å². The lowest BCUT2D eigenvalue weighted by molar-refractivity contribution is 0.0953. The van der Waals surface area contributed by atoms with Crippen LogP contribution in [0.3, 0.4) is 0 Å². The maximum Gasteiger partial charge on any atom is 0.251 e. The standard InChI is InChI=1S/C25H29FN2O4S/c1-5-30-20-14-18(15-21(31-6-2)23(20)32-7-3)24(29)27-12-11-22-16(4)28-25(33-22)17-9-8-10-19(26)13-17/h8-10,13-15H,5-7,11-12H2,1-4H3,(H,27,29). The van der Waals surface area contributed by atoms with Crippen LogP contribution in [0.5, 0.6) is 17.2 Å². The molecular weight excluding hydrogens is 443 g/mol. The van der Waals surface area contributed by atoms with Crippen LogP contribution in [0.4, 0.5) is 4.39 Å². The summed E-state index contributed by atoms with van der Waals surface area (Å²) in [6.07, 6.45) is 0.623. The summed E-state index contributed by atoms with van der Waals surface area (Å²) in [5.41, 5.74) is 2.07. The molecule has 33 heavy (non-hydrogen) atoms. The normalized spacial score (nSPS) is 10.7. The lowest BCUT2D eigenvalue weighted by atomic mass is 10.1. The molecule has 0 saturated carbocycles. The van der Waals surface area contributed by atoms with Gasteiger partial charge in [-0.15, -0.1) is 11.3 Å². The van der Waals surface area contributed by atoms with Crippen LogP contribution < -0.4 is 19.5 Å². The lowest BCUT2D eigenvalue weighted by Gasteiger charge is -2.17. The minimum Gasteiger partial charge on any atom is -0.490 e. The molecule has 0 radical (unpaired) electrons. The fourth-order valence-corrected chi connectivity index (χ4v) is 4.37. The minimum absolute atomic E-state index is 0.229. The summed E-state index contributed by atoms with van der Waals surface area (Å²) in [5.74, 6) is 0.944. The molecule has 0 fully saturated rings. The molecule has 1 N–H and O–H groups in total. The van der Waals surface area contributed by atoms with Gasteiger partial charge in [-0.2, -0.15) is 0 Å². The molecule has 176 valence electrons. The van der Waals surface area contributed by atoms with Crippen molar-refractivity contribution >= 4 is 17.2 Å². The van der Waals surface area contributed by atoms with Crippen LogP contribution in [0.15, 0.2) is 36.4 Å². The molecule has 2 aromatic carbocycles. The number of aromatic nitrogens is 1. The predicted molar refractivity (Wildman–Crippen MR) is 128 cm³/mol. The highest BCUT2D eigenvalue weighted by Crippen LogP contribution is 2.39. The van der Waals surface area contributed by atoms with E-state index in [9.17, 15) is 9.18 Å². The van der Waals surface area contributed by atoms with E-state index >= 15 is 0 Å². The third kappa shape index (κ3) is 6.22. The number of aryl methyl sites for hydroxylation is 1. The number of benzene rings is 2. The Hall–Kier alpha value is -3.13. The first-order valence-electron chi connectivity index (χ1n) is 11.0. The molecule has 0 aliphatic rings. The van der Waals surface area contributed by atoms with E-state index in [-0.39, 0.29) is 11.7 Å². The summed E-state index contributed by atoms with van der Waals surface area (Å²) in [6.45, 7) is 9.32. The second kappa shape index (κ2) is 11.7. The number of carbonyl (C=O) groups excluding carboxylic acids is 1. The number of rotatable bonds is 11. The van der Waals surface area contributed by atoms with E-state index in [0.717, 1.165) is 21.1 Å². The molecule has 0 atom stereocenters. The Morgan fingerprint density at radius 3 is 2.30 bits per heavy atom. The Balaban J connectivity index is 1.71. The van der Waals surface area contributed by atoms with Gasteiger partial charge in [0.05, 0.1) is 25.5 Å². The van der Waals surface area contributed by atoms with E-state index in [0.29, 0.717) is 55.6 Å². The molecule has 1 aromatic heterocycles. The summed E-state index contributed by atoms with van der Waals surface area (Å²) < 4.78 is 30.6. The van der Waals surface area contributed by atoms with Crippen molar-refractivity contribution in [1.82, 2.24) is 10.3 Å². The van der Waals surface area contributed by atoms with Crippen LogP contribution >= 0.6 is 11.3 Å². The van der Waals surface area contributed by atoms with Gasteiger partial charge in [-0.05, 0) is 52.0 Å². The van der Waals surface area contributed by atoms with Gasteiger partial charge in [-0.3, -0.25) is 4.79 Å². The number of nitrogens with one attached hydrogen (secondary N) is 1. The van der Waals surface area contributed by atoms with Crippen molar-refractivity contribution in [3.63, 3.8) is 0 Å². The molecule has 0 bridgehead atoms. The van der Waals surface area contributed by atoms with Crippen molar-refractivity contribution in [1.29, 1.82) is 0 Å². The average Bonchev–Trinajstić information content (AvgIpc) is 3.16. The third-order valence-corrected chi connectivity index (χ3v) is 6.04. The number of ether oxygens (including phenoxy) is 3. The van der Waals surface area contributed by atoms with Gasteiger partial charge >= 0.3 is 0 Å². The number of hydrogen-bond donors (Lipinski definition) is 1. The van der Waals surface area contributed by atoms with Crippen LogP contribution in [-0.4, -0.2) is 37.3 Å². The van der Waals surface area contributed by atoms with Crippen molar-refractivity contribution in [2.45, 2.75) is 34.1 Å². The topological polar surface area (TPSA) is 69.7 Å². The van der Waals surface area contributed by atoms with Crippen LogP contribution in [0.1, 0.15) is 41.7 Å². The van der Waals surface area contributed by atoms with E-state index in [4.69, 9.17) is 14.2 Å². The second-order valence-corrected chi connectivity index (χ2v) is 8.23. The second-order valence-electron chi connectivity index (χ2n) is 7.14. The Labute approximate surface area is 197 Å². The largest absolute Gasteiger partial charge is 0.490 e. The maximum absolute atomic E-state index is 13.5. The number of nitrogens with zero attached hydrogens (tertiary/aromatic N) is 1. The van der Waals surface area contributed by atoms with Gasteiger partial charge in [-0.25, -0.2) is 9.37 Å². The molecule has 0 saturated heterocycles. The first kappa shape index (κ1) is 24.5. The highest BCUT2D eigenvalue weighted by Gasteiger charge is 2.18. The first-order valence-corrected chi connectivity index (χ1v) is 11.8. The Bertz CT molecular complexity index is 1070. The van der Waals surface area contributed by atoms with Gasteiger partial charge in [0.1, 0.15) is 10.8 Å². The molecule has 1 amide bonds. The highest BCUT2D eigenvalue weighted by atomic mass is 32.1. The molecule has 0 spiro atoms. The van der Waals surface area contributed by atoms with E-state index in [1.165, 1.54) is 23.5 Å². The zero-order valence-electron chi connectivity index (χ0n) is 19.4. The van der Waals surface area contributed by atoms with E-state index in [2.05, 4.69) is 10.3 Å². The van der Waals surface area contributed by atoms with Crippen molar-refractivity contribution in [3.8, 4) is 27.8 Å². The van der Waals surface area contributed by atoms with Gasteiger partial charge in [0.15, 0.2) is 11.5 Å². The van der Waals surface area contributed by atoms with E-state index < -0.39 is 0 Å².